The normalized spacial score (nSPS) is 17.5. The number of nitrogens with zero attached hydrogens (tertiary/aromatic N) is 1. The second-order valence-electron chi connectivity index (χ2n) is 5.48. The fraction of sp³-hybridized carbons (Fsp3) is 0.562. The summed E-state index contributed by atoms with van der Waals surface area (Å²) in [4.78, 5) is 14.4. The van der Waals surface area contributed by atoms with E-state index in [0.29, 0.717) is 12.1 Å². The van der Waals surface area contributed by atoms with E-state index in [4.69, 9.17) is 0 Å². The number of hydrogen-bond acceptors (Lipinski definition) is 3. The maximum atomic E-state index is 12.1. The molecule has 0 saturated carbocycles. The molecule has 1 aromatic carbocycles. The first-order chi connectivity index (χ1) is 9.19. The summed E-state index contributed by atoms with van der Waals surface area (Å²) in [6, 6.07) is 6.53. The van der Waals surface area contributed by atoms with E-state index >= 15 is 0 Å². The number of rotatable bonds is 5. The van der Waals surface area contributed by atoms with Crippen molar-refractivity contribution in [1.82, 2.24) is 4.90 Å². The van der Waals surface area contributed by atoms with Gasteiger partial charge in [0.1, 0.15) is 5.75 Å². The van der Waals surface area contributed by atoms with Crippen molar-refractivity contribution in [1.29, 1.82) is 0 Å². The monoisotopic (exact) mass is 261 g/mol. The average molecular weight is 261 g/mol. The molecular weight excluding hydrogens is 238 g/mol. The second kappa shape index (κ2) is 6.71. The van der Waals surface area contributed by atoms with E-state index in [1.807, 2.05) is 0 Å². The molecule has 0 atom stereocenters. The highest BCUT2D eigenvalue weighted by Crippen LogP contribution is 2.21. The van der Waals surface area contributed by atoms with Gasteiger partial charge in [-0.2, -0.15) is 0 Å². The molecule has 0 spiro atoms. The van der Waals surface area contributed by atoms with E-state index in [-0.39, 0.29) is 11.5 Å². The van der Waals surface area contributed by atoms with Crippen LogP contribution >= 0.6 is 0 Å². The van der Waals surface area contributed by atoms with Crippen molar-refractivity contribution in [3.8, 4) is 5.75 Å². The number of carbonyl (C=O) groups excluding carboxylic acids is 1. The number of benzene rings is 1. The minimum Gasteiger partial charge on any atom is -0.508 e. The van der Waals surface area contributed by atoms with Gasteiger partial charge in [-0.25, -0.2) is 0 Å². The minimum atomic E-state index is 0.147. The standard InChI is InChI=1S/C16H23NO2/c1-2-3-13-8-10-17(11-9-13)12-16(19)14-4-6-15(18)7-5-14/h4-7,13,18H,2-3,8-12H2,1H3. The van der Waals surface area contributed by atoms with E-state index in [1.165, 1.54) is 25.7 Å². The first kappa shape index (κ1) is 14.1. The molecule has 1 heterocycles. The molecule has 0 aliphatic carbocycles. The molecule has 19 heavy (non-hydrogen) atoms. The smallest absolute Gasteiger partial charge is 0.176 e. The third kappa shape index (κ3) is 4.06. The first-order valence-electron chi connectivity index (χ1n) is 7.23. The van der Waals surface area contributed by atoms with Crippen LogP contribution in [0.2, 0.25) is 0 Å². The Morgan fingerprint density at radius 1 is 1.26 bits per heavy atom. The van der Waals surface area contributed by atoms with Crippen LogP contribution in [0.5, 0.6) is 5.75 Å². The maximum absolute atomic E-state index is 12.1. The number of phenols is 1. The molecule has 0 radical (unpaired) electrons. The molecular formula is C16H23NO2. The Morgan fingerprint density at radius 2 is 1.89 bits per heavy atom. The van der Waals surface area contributed by atoms with Crippen LogP contribution in [0.1, 0.15) is 43.0 Å². The van der Waals surface area contributed by atoms with Crippen molar-refractivity contribution in [3.63, 3.8) is 0 Å². The van der Waals surface area contributed by atoms with Crippen molar-refractivity contribution >= 4 is 5.78 Å². The number of phenolic OH excluding ortho intramolecular Hbond substituents is 1. The highest BCUT2D eigenvalue weighted by Gasteiger charge is 2.20. The number of ketones is 1. The van der Waals surface area contributed by atoms with Gasteiger partial charge in [0, 0.05) is 5.56 Å². The van der Waals surface area contributed by atoms with Gasteiger partial charge >= 0.3 is 0 Å². The van der Waals surface area contributed by atoms with Gasteiger partial charge in [-0.05, 0) is 56.1 Å². The Hall–Kier alpha value is -1.35. The Kier molecular flexibility index (Phi) is 4.97. The van der Waals surface area contributed by atoms with Crippen molar-refractivity contribution < 1.29 is 9.90 Å². The first-order valence-corrected chi connectivity index (χ1v) is 7.23. The van der Waals surface area contributed by atoms with E-state index in [9.17, 15) is 9.90 Å². The van der Waals surface area contributed by atoms with Gasteiger partial charge in [0.05, 0.1) is 6.54 Å². The molecule has 0 unspecified atom stereocenters. The lowest BCUT2D eigenvalue weighted by atomic mass is 9.92. The van der Waals surface area contributed by atoms with Crippen molar-refractivity contribution in [2.75, 3.05) is 19.6 Å². The lowest BCUT2D eigenvalue weighted by Crippen LogP contribution is -2.37. The number of aromatic hydroxyl groups is 1. The van der Waals surface area contributed by atoms with Crippen LogP contribution in [0.4, 0.5) is 0 Å². The van der Waals surface area contributed by atoms with E-state index < -0.39 is 0 Å². The van der Waals surface area contributed by atoms with Crippen molar-refractivity contribution in [2.45, 2.75) is 32.6 Å². The van der Waals surface area contributed by atoms with Gasteiger partial charge in [-0.3, -0.25) is 9.69 Å². The van der Waals surface area contributed by atoms with Crippen LogP contribution < -0.4 is 0 Å². The third-order valence-corrected chi connectivity index (χ3v) is 3.96. The molecule has 1 N–H and O–H groups in total. The second-order valence-corrected chi connectivity index (χ2v) is 5.48. The molecule has 104 valence electrons. The summed E-state index contributed by atoms with van der Waals surface area (Å²) >= 11 is 0. The summed E-state index contributed by atoms with van der Waals surface area (Å²) in [5.74, 6) is 1.20. The molecule has 1 aliphatic rings. The van der Waals surface area contributed by atoms with E-state index in [0.717, 1.165) is 19.0 Å². The van der Waals surface area contributed by atoms with Gasteiger partial charge < -0.3 is 5.11 Å². The van der Waals surface area contributed by atoms with Crippen LogP contribution in [0.3, 0.4) is 0 Å². The summed E-state index contributed by atoms with van der Waals surface area (Å²) < 4.78 is 0. The van der Waals surface area contributed by atoms with Gasteiger partial charge in [0.25, 0.3) is 0 Å². The van der Waals surface area contributed by atoms with Crippen LogP contribution in [-0.4, -0.2) is 35.4 Å². The average Bonchev–Trinajstić information content (AvgIpc) is 2.42. The summed E-state index contributed by atoms with van der Waals surface area (Å²) in [5.41, 5.74) is 0.688. The number of carbonyl (C=O) groups is 1. The number of likely N-dealkylation sites (tertiary alicyclic amines) is 1. The largest absolute Gasteiger partial charge is 0.508 e. The van der Waals surface area contributed by atoms with Gasteiger partial charge in [-0.1, -0.05) is 19.8 Å². The Morgan fingerprint density at radius 3 is 2.47 bits per heavy atom. The summed E-state index contributed by atoms with van der Waals surface area (Å²) in [6.07, 6.45) is 5.02. The molecule has 0 amide bonds. The van der Waals surface area contributed by atoms with Crippen LogP contribution in [0.25, 0.3) is 0 Å². The van der Waals surface area contributed by atoms with Crippen LogP contribution in [0, 0.1) is 5.92 Å². The summed E-state index contributed by atoms with van der Waals surface area (Å²) in [6.45, 7) is 4.81. The zero-order valence-corrected chi connectivity index (χ0v) is 11.6. The van der Waals surface area contributed by atoms with Crippen LogP contribution in [0.15, 0.2) is 24.3 Å². The third-order valence-electron chi connectivity index (χ3n) is 3.96. The summed E-state index contributed by atoms with van der Waals surface area (Å²) in [5, 5.41) is 9.22. The number of hydrogen-bond donors (Lipinski definition) is 1. The van der Waals surface area contributed by atoms with Gasteiger partial charge in [0.15, 0.2) is 5.78 Å². The van der Waals surface area contributed by atoms with E-state index in [2.05, 4.69) is 11.8 Å². The van der Waals surface area contributed by atoms with Gasteiger partial charge in [-0.15, -0.1) is 0 Å². The molecule has 0 bridgehead atoms. The lowest BCUT2D eigenvalue weighted by molar-refractivity contribution is 0.0893. The zero-order valence-electron chi connectivity index (χ0n) is 11.6. The zero-order chi connectivity index (χ0) is 13.7. The van der Waals surface area contributed by atoms with Gasteiger partial charge in [0.2, 0.25) is 0 Å². The van der Waals surface area contributed by atoms with E-state index in [1.54, 1.807) is 24.3 Å². The maximum Gasteiger partial charge on any atom is 0.176 e. The molecule has 1 aromatic rings. The molecule has 2 rings (SSSR count). The van der Waals surface area contributed by atoms with Crippen LogP contribution in [-0.2, 0) is 0 Å². The van der Waals surface area contributed by atoms with Crippen molar-refractivity contribution in [2.24, 2.45) is 5.92 Å². The molecule has 1 fully saturated rings. The topological polar surface area (TPSA) is 40.5 Å². The molecule has 1 saturated heterocycles. The predicted molar refractivity (Wildman–Crippen MR) is 76.5 cm³/mol. The Balaban J connectivity index is 1.82. The quantitative estimate of drug-likeness (QED) is 0.828. The summed E-state index contributed by atoms with van der Waals surface area (Å²) in [7, 11) is 0. The predicted octanol–water partition coefficient (Wildman–Crippen LogP) is 3.09. The SMILES string of the molecule is CCCC1CCN(CC(=O)c2ccc(O)cc2)CC1. The fourth-order valence-electron chi connectivity index (χ4n) is 2.78. The Bertz CT molecular complexity index is 405. The van der Waals surface area contributed by atoms with Crippen molar-refractivity contribution in [3.05, 3.63) is 29.8 Å². The number of Topliss-reactive ketones (excluding diaryl/α,β-unsaturated/α-hetero) is 1. The highest BCUT2D eigenvalue weighted by molar-refractivity contribution is 5.97. The molecule has 0 aromatic heterocycles. The molecule has 3 nitrogen and oxygen atoms in total. The number of piperidine rings is 1. The molecule has 1 aliphatic heterocycles. The molecule has 3 heteroatoms. The Labute approximate surface area is 115 Å². The highest BCUT2D eigenvalue weighted by atomic mass is 16.3. The minimum absolute atomic E-state index is 0.147. The lowest BCUT2D eigenvalue weighted by Gasteiger charge is -2.31. The fourth-order valence-corrected chi connectivity index (χ4v) is 2.78.